The average molecular weight is 472 g/mol. The number of nitrogens with one attached hydrogen (secondary N) is 1. The van der Waals surface area contributed by atoms with Crippen molar-refractivity contribution in [1.29, 1.82) is 0 Å². The summed E-state index contributed by atoms with van der Waals surface area (Å²) in [6.07, 6.45) is 5.12. The lowest BCUT2D eigenvalue weighted by Crippen LogP contribution is -2.42. The highest BCUT2D eigenvalue weighted by molar-refractivity contribution is 7.20. The lowest BCUT2D eigenvalue weighted by atomic mass is 9.84. The number of nitrogens with zero attached hydrogens (tertiary/aromatic N) is 2. The van der Waals surface area contributed by atoms with Crippen LogP contribution in [0.1, 0.15) is 48.0 Å². The number of benzene rings is 1. The summed E-state index contributed by atoms with van der Waals surface area (Å²) >= 11 is 7.63. The molecule has 0 aliphatic heterocycles. The van der Waals surface area contributed by atoms with Gasteiger partial charge in [0.2, 0.25) is 0 Å². The lowest BCUT2D eigenvalue weighted by molar-refractivity contribution is -0.125. The van der Waals surface area contributed by atoms with Crippen molar-refractivity contribution >= 4 is 45.0 Å². The number of hydrogen-bond donors (Lipinski definition) is 1. The molecule has 8 heteroatoms. The van der Waals surface area contributed by atoms with Crippen molar-refractivity contribution in [2.75, 3.05) is 6.61 Å². The second-order valence-corrected chi connectivity index (χ2v) is 10.5. The van der Waals surface area contributed by atoms with E-state index in [9.17, 15) is 9.59 Å². The molecule has 2 bridgehead atoms. The fraction of sp³-hybridized carbons (Fsp3) is 0.458. The topological polar surface area (TPSA) is 73.2 Å². The summed E-state index contributed by atoms with van der Waals surface area (Å²) in [6, 6.07) is 9.33. The fourth-order valence-corrected chi connectivity index (χ4v) is 6.73. The summed E-state index contributed by atoms with van der Waals surface area (Å²) in [6.45, 7) is 3.69. The van der Waals surface area contributed by atoms with E-state index >= 15 is 0 Å². The van der Waals surface area contributed by atoms with Crippen LogP contribution in [0, 0.1) is 24.7 Å². The second kappa shape index (κ2) is 8.52. The SMILES string of the molecule is Cc1nn(-c2ccccc2Cl)c2sc(C(=O)OCC(=O)N[C@@H](C)[C@@H]3C[C@H]4CC[C@H]3C4)cc12. The van der Waals surface area contributed by atoms with E-state index in [0.717, 1.165) is 33.4 Å². The minimum absolute atomic E-state index is 0.116. The predicted octanol–water partition coefficient (Wildman–Crippen LogP) is 5.15. The van der Waals surface area contributed by atoms with Gasteiger partial charge >= 0.3 is 5.97 Å². The standard InChI is InChI=1S/C24H26ClN3O3S/c1-13(17-10-15-7-8-16(17)9-15)26-22(29)12-31-24(30)21-11-18-14(2)27-28(23(18)32-21)20-6-4-3-5-19(20)25/h3-6,11,13,15-17H,7-10,12H2,1-2H3,(H,26,29)/t13-,15-,16-,17-/m0/s1. The Balaban J connectivity index is 1.24. The summed E-state index contributed by atoms with van der Waals surface area (Å²) in [4.78, 5) is 26.3. The van der Waals surface area contributed by atoms with Crippen LogP contribution in [0.4, 0.5) is 0 Å². The van der Waals surface area contributed by atoms with E-state index < -0.39 is 5.97 Å². The number of amides is 1. The molecular weight excluding hydrogens is 446 g/mol. The Hall–Kier alpha value is -2.38. The number of halogens is 1. The third-order valence-corrected chi connectivity index (χ3v) is 8.39. The molecule has 32 heavy (non-hydrogen) atoms. The molecule has 3 aromatic rings. The molecule has 1 aromatic carbocycles. The normalized spacial score (nSPS) is 22.9. The molecule has 2 fully saturated rings. The minimum atomic E-state index is -0.501. The van der Waals surface area contributed by atoms with E-state index in [1.807, 2.05) is 25.1 Å². The highest BCUT2D eigenvalue weighted by Crippen LogP contribution is 2.49. The first-order valence-corrected chi connectivity index (χ1v) is 12.3. The van der Waals surface area contributed by atoms with Crippen molar-refractivity contribution in [3.05, 3.63) is 45.9 Å². The van der Waals surface area contributed by atoms with Crippen LogP contribution in [-0.2, 0) is 9.53 Å². The molecule has 1 N–H and O–H groups in total. The van der Waals surface area contributed by atoms with E-state index in [4.69, 9.17) is 16.3 Å². The van der Waals surface area contributed by atoms with Gasteiger partial charge in [0.15, 0.2) is 6.61 Å². The van der Waals surface area contributed by atoms with Gasteiger partial charge in [-0.05, 0) is 69.1 Å². The van der Waals surface area contributed by atoms with Gasteiger partial charge < -0.3 is 10.1 Å². The Kier molecular flexibility index (Phi) is 5.72. The molecule has 0 spiro atoms. The molecule has 2 heterocycles. The molecule has 0 saturated heterocycles. The third kappa shape index (κ3) is 3.92. The van der Waals surface area contributed by atoms with Gasteiger partial charge in [-0.1, -0.05) is 30.2 Å². The first-order chi connectivity index (χ1) is 15.4. The molecule has 5 rings (SSSR count). The number of aromatic nitrogens is 2. The number of carbonyl (C=O) groups excluding carboxylic acids is 2. The van der Waals surface area contributed by atoms with Crippen molar-refractivity contribution in [2.24, 2.45) is 17.8 Å². The van der Waals surface area contributed by atoms with Gasteiger partial charge in [0.25, 0.3) is 5.91 Å². The number of carbonyl (C=O) groups is 2. The number of hydrogen-bond acceptors (Lipinski definition) is 5. The molecule has 1 amide bonds. The molecule has 4 atom stereocenters. The second-order valence-electron chi connectivity index (χ2n) is 9.05. The highest BCUT2D eigenvalue weighted by Gasteiger charge is 2.42. The molecule has 6 nitrogen and oxygen atoms in total. The molecule has 0 unspecified atom stereocenters. The molecule has 2 aromatic heterocycles. The largest absolute Gasteiger partial charge is 0.451 e. The van der Waals surface area contributed by atoms with Gasteiger partial charge in [-0.25, -0.2) is 9.48 Å². The Morgan fingerprint density at radius 2 is 2.12 bits per heavy atom. The number of thiophene rings is 1. The summed E-state index contributed by atoms with van der Waals surface area (Å²) < 4.78 is 7.08. The van der Waals surface area contributed by atoms with E-state index in [1.54, 1.807) is 16.8 Å². The number of rotatable bonds is 6. The van der Waals surface area contributed by atoms with Gasteiger partial charge in [-0.15, -0.1) is 11.3 Å². The van der Waals surface area contributed by atoms with Gasteiger partial charge in [-0.2, -0.15) is 5.10 Å². The first kappa shape index (κ1) is 21.5. The number of ether oxygens (including phenoxy) is 1. The van der Waals surface area contributed by atoms with Gasteiger partial charge in [0.05, 0.1) is 16.4 Å². The Labute approximate surface area is 195 Å². The predicted molar refractivity (Wildman–Crippen MR) is 126 cm³/mol. The molecule has 168 valence electrons. The van der Waals surface area contributed by atoms with Crippen LogP contribution >= 0.6 is 22.9 Å². The summed E-state index contributed by atoms with van der Waals surface area (Å²) in [5, 5.41) is 9.06. The molecular formula is C24H26ClN3O3S. The van der Waals surface area contributed by atoms with Crippen LogP contribution in [0.5, 0.6) is 0 Å². The van der Waals surface area contributed by atoms with Gasteiger partial charge in [0, 0.05) is 11.4 Å². The zero-order valence-corrected chi connectivity index (χ0v) is 19.7. The Morgan fingerprint density at radius 1 is 1.31 bits per heavy atom. The van der Waals surface area contributed by atoms with Crippen molar-refractivity contribution < 1.29 is 14.3 Å². The quantitative estimate of drug-likeness (QED) is 0.505. The van der Waals surface area contributed by atoms with Gasteiger partial charge in [-0.3, -0.25) is 4.79 Å². The smallest absolute Gasteiger partial charge is 0.348 e. The fourth-order valence-electron chi connectivity index (χ4n) is 5.45. The molecule has 0 radical (unpaired) electrons. The lowest BCUT2D eigenvalue weighted by Gasteiger charge is -2.28. The van der Waals surface area contributed by atoms with Gasteiger partial charge in [0.1, 0.15) is 9.71 Å². The summed E-state index contributed by atoms with van der Waals surface area (Å²) in [7, 11) is 0. The summed E-state index contributed by atoms with van der Waals surface area (Å²) in [5.41, 5.74) is 1.55. The summed E-state index contributed by atoms with van der Waals surface area (Å²) in [5.74, 6) is 1.37. The minimum Gasteiger partial charge on any atom is -0.451 e. The van der Waals surface area contributed by atoms with Crippen molar-refractivity contribution in [3.8, 4) is 5.69 Å². The number of esters is 1. The van der Waals surface area contributed by atoms with E-state index in [2.05, 4.69) is 17.3 Å². The monoisotopic (exact) mass is 471 g/mol. The zero-order valence-electron chi connectivity index (χ0n) is 18.1. The first-order valence-electron chi connectivity index (χ1n) is 11.1. The molecule has 2 aliphatic carbocycles. The van der Waals surface area contributed by atoms with E-state index in [0.29, 0.717) is 15.8 Å². The molecule has 2 saturated carbocycles. The van der Waals surface area contributed by atoms with E-state index in [-0.39, 0.29) is 18.6 Å². The maximum atomic E-state index is 12.6. The van der Waals surface area contributed by atoms with Crippen molar-refractivity contribution in [2.45, 2.75) is 45.6 Å². The zero-order chi connectivity index (χ0) is 22.4. The van der Waals surface area contributed by atoms with Crippen molar-refractivity contribution in [3.63, 3.8) is 0 Å². The van der Waals surface area contributed by atoms with Crippen LogP contribution in [-0.4, -0.2) is 34.3 Å². The Bertz CT molecular complexity index is 1190. The molecule has 2 aliphatic rings. The van der Waals surface area contributed by atoms with Crippen LogP contribution < -0.4 is 5.32 Å². The van der Waals surface area contributed by atoms with Crippen LogP contribution in [0.3, 0.4) is 0 Å². The number of aryl methyl sites for hydroxylation is 1. The number of fused-ring (bicyclic) bond motifs is 3. The van der Waals surface area contributed by atoms with E-state index in [1.165, 1.54) is 37.0 Å². The highest BCUT2D eigenvalue weighted by atomic mass is 35.5. The van der Waals surface area contributed by atoms with Crippen molar-refractivity contribution in [1.82, 2.24) is 15.1 Å². The van der Waals surface area contributed by atoms with Crippen LogP contribution in [0.2, 0.25) is 5.02 Å². The maximum absolute atomic E-state index is 12.6. The average Bonchev–Trinajstić information content (AvgIpc) is 3.55. The Morgan fingerprint density at radius 3 is 2.84 bits per heavy atom. The van der Waals surface area contributed by atoms with Crippen LogP contribution in [0.15, 0.2) is 30.3 Å². The van der Waals surface area contributed by atoms with Crippen LogP contribution in [0.25, 0.3) is 15.9 Å². The number of para-hydroxylation sites is 1. The maximum Gasteiger partial charge on any atom is 0.348 e. The third-order valence-electron chi connectivity index (χ3n) is 6.98.